The summed E-state index contributed by atoms with van der Waals surface area (Å²) in [4.78, 5) is 1.10. The second-order valence-corrected chi connectivity index (χ2v) is 5.77. The third-order valence-electron chi connectivity index (χ3n) is 2.48. The average Bonchev–Trinajstić information content (AvgIpc) is 2.31. The van der Waals surface area contributed by atoms with Gasteiger partial charge in [0.1, 0.15) is 0 Å². The van der Waals surface area contributed by atoms with E-state index >= 15 is 0 Å². The average molecular weight is 247 g/mol. The van der Waals surface area contributed by atoms with E-state index in [0.717, 1.165) is 8.66 Å². The van der Waals surface area contributed by atoms with Gasteiger partial charge in [-0.25, -0.2) is 0 Å². The fourth-order valence-electron chi connectivity index (χ4n) is 1.48. The van der Waals surface area contributed by atoms with Crippen LogP contribution in [-0.4, -0.2) is 5.11 Å². The molecule has 66 valence electrons. The van der Waals surface area contributed by atoms with Crippen LogP contribution >= 0.6 is 27.3 Å². The highest BCUT2D eigenvalue weighted by Crippen LogP contribution is 2.40. The maximum absolute atomic E-state index is 9.84. The SMILES string of the molecule is OC(c1ccc(Br)s1)C1CCC1. The molecule has 1 heterocycles. The molecule has 2 rings (SSSR count). The standard InChI is InChI=1S/C9H11BrOS/c10-8-5-4-7(12-8)9(11)6-2-1-3-6/h4-6,9,11H,1-3H2. The van der Waals surface area contributed by atoms with Crippen LogP contribution < -0.4 is 0 Å². The first-order valence-electron chi connectivity index (χ1n) is 4.20. The Hall–Kier alpha value is 0.140. The van der Waals surface area contributed by atoms with Crippen molar-refractivity contribution in [1.29, 1.82) is 0 Å². The summed E-state index contributed by atoms with van der Waals surface area (Å²) in [5, 5.41) is 9.84. The quantitative estimate of drug-likeness (QED) is 0.849. The topological polar surface area (TPSA) is 20.2 Å². The molecule has 0 radical (unpaired) electrons. The highest BCUT2D eigenvalue weighted by Gasteiger charge is 2.27. The van der Waals surface area contributed by atoms with E-state index in [4.69, 9.17) is 0 Å². The number of hydrogen-bond acceptors (Lipinski definition) is 2. The molecule has 1 aromatic rings. The molecule has 0 aliphatic heterocycles. The van der Waals surface area contributed by atoms with Gasteiger partial charge in [0, 0.05) is 4.88 Å². The lowest BCUT2D eigenvalue weighted by atomic mass is 9.81. The van der Waals surface area contributed by atoms with Gasteiger partial charge >= 0.3 is 0 Å². The van der Waals surface area contributed by atoms with Crippen LogP contribution in [0.1, 0.15) is 30.2 Å². The van der Waals surface area contributed by atoms with Crippen molar-refractivity contribution in [3.8, 4) is 0 Å². The lowest BCUT2D eigenvalue weighted by molar-refractivity contribution is 0.0650. The first-order chi connectivity index (χ1) is 5.77. The van der Waals surface area contributed by atoms with Crippen molar-refractivity contribution in [3.63, 3.8) is 0 Å². The fraction of sp³-hybridized carbons (Fsp3) is 0.556. The molecule has 1 saturated carbocycles. The molecule has 1 aromatic heterocycles. The van der Waals surface area contributed by atoms with Crippen molar-refractivity contribution in [2.45, 2.75) is 25.4 Å². The molecule has 1 aliphatic carbocycles. The van der Waals surface area contributed by atoms with Crippen LogP contribution in [0.15, 0.2) is 15.9 Å². The smallest absolute Gasteiger partial charge is 0.0910 e. The molecule has 1 N–H and O–H groups in total. The van der Waals surface area contributed by atoms with Gasteiger partial charge in [0.25, 0.3) is 0 Å². The van der Waals surface area contributed by atoms with Crippen LogP contribution in [-0.2, 0) is 0 Å². The van der Waals surface area contributed by atoms with Crippen LogP contribution in [0.5, 0.6) is 0 Å². The van der Waals surface area contributed by atoms with Crippen molar-refractivity contribution in [2.24, 2.45) is 5.92 Å². The van der Waals surface area contributed by atoms with Crippen molar-refractivity contribution in [2.75, 3.05) is 0 Å². The molecule has 0 spiro atoms. The van der Waals surface area contributed by atoms with Crippen LogP contribution in [0, 0.1) is 5.92 Å². The van der Waals surface area contributed by atoms with Gasteiger partial charge in [-0.05, 0) is 46.8 Å². The van der Waals surface area contributed by atoms with E-state index in [1.807, 2.05) is 12.1 Å². The summed E-state index contributed by atoms with van der Waals surface area (Å²) in [6, 6.07) is 4.01. The van der Waals surface area contributed by atoms with Gasteiger partial charge in [0.15, 0.2) is 0 Å². The van der Waals surface area contributed by atoms with E-state index < -0.39 is 0 Å². The molecule has 1 fully saturated rings. The Morgan fingerprint density at radius 3 is 2.67 bits per heavy atom. The Morgan fingerprint density at radius 2 is 2.25 bits per heavy atom. The number of aliphatic hydroxyl groups is 1. The van der Waals surface area contributed by atoms with Gasteiger partial charge in [-0.15, -0.1) is 11.3 Å². The maximum Gasteiger partial charge on any atom is 0.0910 e. The number of thiophene rings is 1. The minimum absolute atomic E-state index is 0.213. The zero-order valence-electron chi connectivity index (χ0n) is 6.66. The summed E-state index contributed by atoms with van der Waals surface area (Å²) >= 11 is 5.04. The molecular formula is C9H11BrOS. The van der Waals surface area contributed by atoms with E-state index in [9.17, 15) is 5.11 Å². The fourth-order valence-corrected chi connectivity index (χ4v) is 2.98. The predicted molar refractivity (Wildman–Crippen MR) is 54.3 cm³/mol. The maximum atomic E-state index is 9.84. The van der Waals surface area contributed by atoms with Gasteiger partial charge in [-0.3, -0.25) is 0 Å². The molecular weight excluding hydrogens is 236 g/mol. The van der Waals surface area contributed by atoms with E-state index in [1.54, 1.807) is 11.3 Å². The Balaban J connectivity index is 2.08. The Morgan fingerprint density at radius 1 is 1.50 bits per heavy atom. The summed E-state index contributed by atoms with van der Waals surface area (Å²) in [5.41, 5.74) is 0. The van der Waals surface area contributed by atoms with Crippen LogP contribution in [0.3, 0.4) is 0 Å². The number of hydrogen-bond donors (Lipinski definition) is 1. The van der Waals surface area contributed by atoms with Crippen LogP contribution in [0.4, 0.5) is 0 Å². The summed E-state index contributed by atoms with van der Waals surface area (Å²) in [7, 11) is 0. The van der Waals surface area contributed by atoms with E-state index in [0.29, 0.717) is 5.92 Å². The van der Waals surface area contributed by atoms with Gasteiger partial charge in [0.05, 0.1) is 9.89 Å². The molecule has 0 bridgehead atoms. The molecule has 3 heteroatoms. The lowest BCUT2D eigenvalue weighted by Gasteiger charge is -2.29. The first kappa shape index (κ1) is 8.73. The summed E-state index contributed by atoms with van der Waals surface area (Å²) in [5.74, 6) is 0.524. The van der Waals surface area contributed by atoms with E-state index in [1.165, 1.54) is 19.3 Å². The third-order valence-corrected chi connectivity index (χ3v) is 4.18. The molecule has 0 aromatic carbocycles. The summed E-state index contributed by atoms with van der Waals surface area (Å²) in [6.07, 6.45) is 3.46. The zero-order chi connectivity index (χ0) is 8.55. The van der Waals surface area contributed by atoms with Crippen molar-refractivity contribution in [3.05, 3.63) is 20.8 Å². The van der Waals surface area contributed by atoms with Crippen LogP contribution in [0.2, 0.25) is 0 Å². The van der Waals surface area contributed by atoms with E-state index in [2.05, 4.69) is 15.9 Å². The molecule has 1 unspecified atom stereocenters. The molecule has 1 atom stereocenters. The number of rotatable bonds is 2. The van der Waals surface area contributed by atoms with Crippen molar-refractivity contribution in [1.82, 2.24) is 0 Å². The number of aliphatic hydroxyl groups excluding tert-OH is 1. The Bertz CT molecular complexity index is 267. The van der Waals surface area contributed by atoms with Crippen molar-refractivity contribution < 1.29 is 5.11 Å². The second kappa shape index (κ2) is 3.48. The molecule has 1 nitrogen and oxygen atoms in total. The molecule has 0 saturated heterocycles. The Labute approximate surface area is 84.6 Å². The monoisotopic (exact) mass is 246 g/mol. The molecule has 1 aliphatic rings. The molecule has 0 amide bonds. The van der Waals surface area contributed by atoms with Gasteiger partial charge in [-0.2, -0.15) is 0 Å². The van der Waals surface area contributed by atoms with Gasteiger partial charge in [-0.1, -0.05) is 6.42 Å². The summed E-state index contributed by atoms with van der Waals surface area (Å²) < 4.78 is 1.11. The van der Waals surface area contributed by atoms with Gasteiger partial charge in [0.2, 0.25) is 0 Å². The molecule has 12 heavy (non-hydrogen) atoms. The predicted octanol–water partition coefficient (Wildman–Crippen LogP) is 3.34. The lowest BCUT2D eigenvalue weighted by Crippen LogP contribution is -2.19. The number of halogens is 1. The normalized spacial score (nSPS) is 20.5. The first-order valence-corrected chi connectivity index (χ1v) is 5.81. The minimum Gasteiger partial charge on any atom is -0.387 e. The largest absolute Gasteiger partial charge is 0.387 e. The van der Waals surface area contributed by atoms with E-state index in [-0.39, 0.29) is 6.10 Å². The minimum atomic E-state index is -0.213. The van der Waals surface area contributed by atoms with Crippen LogP contribution in [0.25, 0.3) is 0 Å². The van der Waals surface area contributed by atoms with Gasteiger partial charge < -0.3 is 5.11 Å². The third kappa shape index (κ3) is 1.58. The zero-order valence-corrected chi connectivity index (χ0v) is 9.07. The highest BCUT2D eigenvalue weighted by molar-refractivity contribution is 9.11. The highest BCUT2D eigenvalue weighted by atomic mass is 79.9. The summed E-state index contributed by atoms with van der Waals surface area (Å²) in [6.45, 7) is 0. The van der Waals surface area contributed by atoms with Crippen molar-refractivity contribution >= 4 is 27.3 Å². The second-order valence-electron chi connectivity index (χ2n) is 3.28. The Kier molecular flexibility index (Phi) is 2.53.